The average Bonchev–Trinajstić information content (AvgIpc) is 3.35. The van der Waals surface area contributed by atoms with Gasteiger partial charge in [0, 0.05) is 13.1 Å². The lowest BCUT2D eigenvalue weighted by Gasteiger charge is -2.27. The summed E-state index contributed by atoms with van der Waals surface area (Å²) in [7, 11) is 0. The maximum absolute atomic E-state index is 11.4. The summed E-state index contributed by atoms with van der Waals surface area (Å²) in [6.07, 6.45) is 3.87. The van der Waals surface area contributed by atoms with Crippen LogP contribution in [0.2, 0.25) is 0 Å². The van der Waals surface area contributed by atoms with Crippen molar-refractivity contribution < 1.29 is 14.6 Å². The molecule has 1 saturated carbocycles. The molecule has 0 unspecified atom stereocenters. The molecule has 2 rings (SSSR count). The molecule has 1 aromatic carbocycles. The molecule has 1 aliphatic rings. The van der Waals surface area contributed by atoms with Crippen LogP contribution in [0.1, 0.15) is 45.1 Å². The highest BCUT2D eigenvalue weighted by Crippen LogP contribution is 2.29. The zero-order chi connectivity index (χ0) is 16.0. The summed E-state index contributed by atoms with van der Waals surface area (Å²) in [6.45, 7) is 5.87. The molecular weight excluding hydrogens is 278 g/mol. The Morgan fingerprint density at radius 2 is 1.91 bits per heavy atom. The first-order chi connectivity index (χ1) is 10.6. The number of nitrogens with one attached hydrogen (secondary N) is 1. The van der Waals surface area contributed by atoms with Crippen LogP contribution in [0.4, 0.5) is 0 Å². The number of benzene rings is 1. The van der Waals surface area contributed by atoms with E-state index in [9.17, 15) is 9.90 Å². The largest absolute Gasteiger partial charge is 0.493 e. The Morgan fingerprint density at radius 3 is 2.41 bits per heavy atom. The SMILES string of the molecule is CCC(CC)(CNCc1ccc(OCC2CC2)cc1)C(=O)O. The summed E-state index contributed by atoms with van der Waals surface area (Å²) >= 11 is 0. The van der Waals surface area contributed by atoms with E-state index in [1.807, 2.05) is 38.1 Å². The van der Waals surface area contributed by atoms with Gasteiger partial charge in [-0.25, -0.2) is 0 Å². The Bertz CT molecular complexity index is 476. The van der Waals surface area contributed by atoms with Crippen LogP contribution in [0.3, 0.4) is 0 Å². The minimum absolute atomic E-state index is 0.495. The van der Waals surface area contributed by atoms with Crippen LogP contribution in [-0.2, 0) is 11.3 Å². The summed E-state index contributed by atoms with van der Waals surface area (Å²) in [4.78, 5) is 11.4. The molecule has 0 bridgehead atoms. The number of carboxylic acids is 1. The fourth-order valence-corrected chi connectivity index (χ4v) is 2.53. The normalized spacial score (nSPS) is 14.8. The molecule has 122 valence electrons. The molecule has 0 radical (unpaired) electrons. The molecular formula is C18H27NO3. The van der Waals surface area contributed by atoms with Crippen molar-refractivity contribution in [3.05, 3.63) is 29.8 Å². The molecule has 2 N–H and O–H groups in total. The third kappa shape index (κ3) is 4.47. The zero-order valence-corrected chi connectivity index (χ0v) is 13.6. The van der Waals surface area contributed by atoms with Gasteiger partial charge < -0.3 is 15.2 Å². The Kier molecular flexibility index (Phi) is 5.83. The van der Waals surface area contributed by atoms with Gasteiger partial charge in [0.2, 0.25) is 0 Å². The fourth-order valence-electron chi connectivity index (χ4n) is 2.53. The summed E-state index contributed by atoms with van der Waals surface area (Å²) < 4.78 is 5.71. The molecule has 0 amide bonds. The van der Waals surface area contributed by atoms with Crippen LogP contribution in [0.25, 0.3) is 0 Å². The van der Waals surface area contributed by atoms with Crippen molar-refractivity contribution in [2.45, 2.75) is 46.1 Å². The second-order valence-electron chi connectivity index (χ2n) is 6.29. The Morgan fingerprint density at radius 1 is 1.27 bits per heavy atom. The second-order valence-corrected chi connectivity index (χ2v) is 6.29. The number of aliphatic carboxylic acids is 1. The van der Waals surface area contributed by atoms with Gasteiger partial charge in [0.25, 0.3) is 0 Å². The Balaban J connectivity index is 1.79. The van der Waals surface area contributed by atoms with E-state index in [0.717, 1.165) is 23.8 Å². The van der Waals surface area contributed by atoms with Crippen molar-refractivity contribution in [3.8, 4) is 5.75 Å². The quantitative estimate of drug-likeness (QED) is 0.695. The smallest absolute Gasteiger partial charge is 0.310 e. The number of hydrogen-bond acceptors (Lipinski definition) is 3. The summed E-state index contributed by atoms with van der Waals surface area (Å²) in [6, 6.07) is 8.05. The average molecular weight is 305 g/mol. The molecule has 0 spiro atoms. The maximum Gasteiger partial charge on any atom is 0.310 e. The number of hydrogen-bond donors (Lipinski definition) is 2. The zero-order valence-electron chi connectivity index (χ0n) is 13.6. The van der Waals surface area contributed by atoms with Gasteiger partial charge in [-0.2, -0.15) is 0 Å². The molecule has 1 aromatic rings. The minimum atomic E-state index is -0.714. The molecule has 1 aliphatic carbocycles. The van der Waals surface area contributed by atoms with E-state index < -0.39 is 11.4 Å². The minimum Gasteiger partial charge on any atom is -0.493 e. The molecule has 1 fully saturated rings. The monoisotopic (exact) mass is 305 g/mol. The highest BCUT2D eigenvalue weighted by atomic mass is 16.5. The standard InChI is InChI=1S/C18H27NO3/c1-3-18(4-2,17(20)21)13-19-11-14-7-9-16(10-8-14)22-12-15-5-6-15/h7-10,15,19H,3-6,11-13H2,1-2H3,(H,20,21). The Hall–Kier alpha value is -1.55. The van der Waals surface area contributed by atoms with Crippen LogP contribution in [0.5, 0.6) is 5.75 Å². The first-order valence-electron chi connectivity index (χ1n) is 8.25. The topological polar surface area (TPSA) is 58.6 Å². The molecule has 0 saturated heterocycles. The van der Waals surface area contributed by atoms with Crippen molar-refractivity contribution in [1.29, 1.82) is 0 Å². The summed E-state index contributed by atoms with van der Waals surface area (Å²) in [5.74, 6) is 0.958. The van der Waals surface area contributed by atoms with E-state index in [0.29, 0.717) is 25.9 Å². The van der Waals surface area contributed by atoms with Gasteiger partial charge in [0.15, 0.2) is 0 Å². The van der Waals surface area contributed by atoms with Gasteiger partial charge in [-0.05, 0) is 49.3 Å². The van der Waals surface area contributed by atoms with Crippen LogP contribution in [-0.4, -0.2) is 24.2 Å². The highest BCUT2D eigenvalue weighted by Gasteiger charge is 2.34. The van der Waals surface area contributed by atoms with Gasteiger partial charge >= 0.3 is 5.97 Å². The van der Waals surface area contributed by atoms with E-state index in [1.165, 1.54) is 12.8 Å². The molecule has 0 heterocycles. The number of carboxylic acid groups (broad SMARTS) is 1. The fraction of sp³-hybridized carbons (Fsp3) is 0.611. The number of rotatable bonds is 10. The van der Waals surface area contributed by atoms with E-state index in [1.54, 1.807) is 0 Å². The lowest BCUT2D eigenvalue weighted by Crippen LogP contribution is -2.39. The molecule has 4 nitrogen and oxygen atoms in total. The molecule has 4 heteroatoms. The molecule has 22 heavy (non-hydrogen) atoms. The first-order valence-corrected chi connectivity index (χ1v) is 8.25. The van der Waals surface area contributed by atoms with Crippen molar-refractivity contribution in [3.63, 3.8) is 0 Å². The maximum atomic E-state index is 11.4. The van der Waals surface area contributed by atoms with Gasteiger partial charge in [-0.15, -0.1) is 0 Å². The first kappa shape index (κ1) is 16.8. The van der Waals surface area contributed by atoms with Crippen molar-refractivity contribution in [2.75, 3.05) is 13.2 Å². The lowest BCUT2D eigenvalue weighted by molar-refractivity contribution is -0.149. The summed E-state index contributed by atoms with van der Waals surface area (Å²) in [5.41, 5.74) is 0.484. The van der Waals surface area contributed by atoms with Gasteiger partial charge in [-0.1, -0.05) is 26.0 Å². The van der Waals surface area contributed by atoms with Crippen LogP contribution >= 0.6 is 0 Å². The van der Waals surface area contributed by atoms with Crippen LogP contribution in [0.15, 0.2) is 24.3 Å². The van der Waals surface area contributed by atoms with Crippen molar-refractivity contribution >= 4 is 5.97 Å². The summed E-state index contributed by atoms with van der Waals surface area (Å²) in [5, 5.41) is 12.7. The van der Waals surface area contributed by atoms with Crippen LogP contribution in [0, 0.1) is 11.3 Å². The predicted molar refractivity (Wildman–Crippen MR) is 87.0 cm³/mol. The third-order valence-electron chi connectivity index (χ3n) is 4.71. The predicted octanol–water partition coefficient (Wildman–Crippen LogP) is 3.46. The van der Waals surface area contributed by atoms with E-state index in [-0.39, 0.29) is 0 Å². The van der Waals surface area contributed by atoms with Gasteiger partial charge in [0.1, 0.15) is 5.75 Å². The van der Waals surface area contributed by atoms with Crippen molar-refractivity contribution in [2.24, 2.45) is 11.3 Å². The van der Waals surface area contributed by atoms with E-state index in [4.69, 9.17) is 4.74 Å². The van der Waals surface area contributed by atoms with Gasteiger partial charge in [0.05, 0.1) is 12.0 Å². The molecule has 0 aromatic heterocycles. The molecule has 0 atom stereocenters. The van der Waals surface area contributed by atoms with E-state index >= 15 is 0 Å². The third-order valence-corrected chi connectivity index (χ3v) is 4.71. The highest BCUT2D eigenvalue weighted by molar-refractivity contribution is 5.74. The second kappa shape index (κ2) is 7.63. The number of ether oxygens (including phenoxy) is 1. The van der Waals surface area contributed by atoms with E-state index in [2.05, 4.69) is 5.32 Å². The Labute approximate surface area is 132 Å². The van der Waals surface area contributed by atoms with Crippen molar-refractivity contribution in [1.82, 2.24) is 5.32 Å². The molecule has 0 aliphatic heterocycles. The lowest BCUT2D eigenvalue weighted by atomic mass is 9.82. The number of carbonyl (C=O) groups is 1. The van der Waals surface area contributed by atoms with Gasteiger partial charge in [-0.3, -0.25) is 4.79 Å². The van der Waals surface area contributed by atoms with Crippen LogP contribution < -0.4 is 10.1 Å².